The summed E-state index contributed by atoms with van der Waals surface area (Å²) in [4.78, 5) is 0. The molecular formula is C12H28O2Si. The first-order valence-electron chi connectivity index (χ1n) is 6.58. The molecule has 0 atom stereocenters. The topological polar surface area (TPSA) is 18.5 Å². The average molecular weight is 232 g/mol. The van der Waals surface area contributed by atoms with Crippen molar-refractivity contribution >= 4 is 10.2 Å². The van der Waals surface area contributed by atoms with Gasteiger partial charge in [0.05, 0.1) is 0 Å². The van der Waals surface area contributed by atoms with Gasteiger partial charge in [0.15, 0.2) is 6.29 Å². The lowest BCUT2D eigenvalue weighted by Crippen LogP contribution is -2.18. The lowest BCUT2D eigenvalue weighted by molar-refractivity contribution is -0.147. The zero-order chi connectivity index (χ0) is 11.4. The molecule has 0 radical (unpaired) electrons. The molecule has 0 bridgehead atoms. The summed E-state index contributed by atoms with van der Waals surface area (Å²) in [5.41, 5.74) is 0. The zero-order valence-corrected chi connectivity index (χ0v) is 12.8. The van der Waals surface area contributed by atoms with Crippen molar-refractivity contribution in [3.05, 3.63) is 0 Å². The molecule has 0 amide bonds. The van der Waals surface area contributed by atoms with E-state index in [-0.39, 0.29) is 6.29 Å². The predicted molar refractivity (Wildman–Crippen MR) is 69.5 cm³/mol. The summed E-state index contributed by atoms with van der Waals surface area (Å²) in [6, 6.07) is 1.35. The van der Waals surface area contributed by atoms with Gasteiger partial charge in [0.25, 0.3) is 0 Å². The highest BCUT2D eigenvalue weighted by Gasteiger charge is 2.07. The van der Waals surface area contributed by atoms with Gasteiger partial charge in [-0.2, -0.15) is 0 Å². The Bertz CT molecular complexity index is 110. The maximum absolute atomic E-state index is 5.72. The fraction of sp³-hybridized carbons (Fsp3) is 1.00. The summed E-state index contributed by atoms with van der Waals surface area (Å²) in [6.45, 7) is 6.09. The normalized spacial score (nSPS) is 11.4. The van der Waals surface area contributed by atoms with E-state index < -0.39 is 0 Å². The Balaban J connectivity index is 3.53. The molecule has 0 aromatic carbocycles. The molecule has 0 aliphatic heterocycles. The predicted octanol–water partition coefficient (Wildman–Crippen LogP) is 2.51. The first-order chi connectivity index (χ1) is 7.35. The van der Waals surface area contributed by atoms with Crippen LogP contribution in [0.3, 0.4) is 0 Å². The first-order valence-corrected chi connectivity index (χ1v) is 7.99. The fourth-order valence-corrected chi connectivity index (χ4v) is 1.71. The van der Waals surface area contributed by atoms with Crippen LogP contribution in [0.5, 0.6) is 0 Å². The monoisotopic (exact) mass is 232 g/mol. The van der Waals surface area contributed by atoms with Gasteiger partial charge in [0.1, 0.15) is 0 Å². The van der Waals surface area contributed by atoms with Crippen LogP contribution in [0.1, 0.15) is 52.4 Å². The lowest BCUT2D eigenvalue weighted by Gasteiger charge is -2.18. The largest absolute Gasteiger partial charge is 0.353 e. The molecule has 0 aliphatic carbocycles. The van der Waals surface area contributed by atoms with E-state index in [0.717, 1.165) is 32.5 Å². The van der Waals surface area contributed by atoms with Crippen LogP contribution in [0, 0.1) is 0 Å². The summed E-state index contributed by atoms with van der Waals surface area (Å²) in [6.07, 6.45) is 7.09. The van der Waals surface area contributed by atoms with Gasteiger partial charge in [0.2, 0.25) is 0 Å². The van der Waals surface area contributed by atoms with Crippen molar-refractivity contribution in [2.45, 2.75) is 64.7 Å². The summed E-state index contributed by atoms with van der Waals surface area (Å²) < 4.78 is 11.4. The smallest absolute Gasteiger partial charge is 0.157 e. The molecule has 0 fully saturated rings. The van der Waals surface area contributed by atoms with Crippen molar-refractivity contribution in [3.8, 4) is 0 Å². The highest BCUT2D eigenvalue weighted by Crippen LogP contribution is 2.08. The van der Waals surface area contributed by atoms with Crippen molar-refractivity contribution in [2.75, 3.05) is 13.2 Å². The average Bonchev–Trinajstić information content (AvgIpc) is 2.25. The number of rotatable bonds is 11. The molecule has 0 N–H and O–H groups in total. The van der Waals surface area contributed by atoms with Gasteiger partial charge < -0.3 is 9.47 Å². The quantitative estimate of drug-likeness (QED) is 0.310. The number of hydrogen-bond acceptors (Lipinski definition) is 2. The molecule has 0 heterocycles. The second-order valence-electron chi connectivity index (χ2n) is 4.02. The van der Waals surface area contributed by atoms with Crippen LogP contribution < -0.4 is 0 Å². The van der Waals surface area contributed by atoms with Crippen molar-refractivity contribution in [3.63, 3.8) is 0 Å². The minimum atomic E-state index is 0.0667. The van der Waals surface area contributed by atoms with E-state index in [1.807, 2.05) is 0 Å². The van der Waals surface area contributed by atoms with Gasteiger partial charge in [0, 0.05) is 23.5 Å². The summed E-state index contributed by atoms with van der Waals surface area (Å²) >= 11 is 0. The number of hydrogen-bond donors (Lipinski definition) is 0. The standard InChI is InChI=1S/C12H28O2Si/c1-3-5-9-13-12(8-7-11-15)14-10-6-4-2/h12H,3-11H2,1-2,15H3. The van der Waals surface area contributed by atoms with Crippen LogP contribution in [0.25, 0.3) is 0 Å². The highest BCUT2D eigenvalue weighted by molar-refractivity contribution is 6.08. The van der Waals surface area contributed by atoms with Gasteiger partial charge >= 0.3 is 0 Å². The van der Waals surface area contributed by atoms with E-state index in [2.05, 4.69) is 13.8 Å². The SMILES string of the molecule is CCCCOC(CCC[SiH3])OCCCC. The molecule has 0 spiro atoms. The summed E-state index contributed by atoms with van der Waals surface area (Å²) in [7, 11) is 1.29. The third kappa shape index (κ3) is 10.4. The van der Waals surface area contributed by atoms with Crippen molar-refractivity contribution < 1.29 is 9.47 Å². The highest BCUT2D eigenvalue weighted by atomic mass is 28.1. The van der Waals surface area contributed by atoms with Crippen molar-refractivity contribution in [2.24, 2.45) is 0 Å². The van der Waals surface area contributed by atoms with Crippen LogP contribution in [-0.2, 0) is 9.47 Å². The van der Waals surface area contributed by atoms with Gasteiger partial charge in [-0.15, -0.1) is 0 Å². The van der Waals surface area contributed by atoms with Gasteiger partial charge in [-0.3, -0.25) is 0 Å². The Morgan fingerprint density at radius 3 is 1.87 bits per heavy atom. The van der Waals surface area contributed by atoms with E-state index in [0.29, 0.717) is 0 Å². The summed E-state index contributed by atoms with van der Waals surface area (Å²) in [5, 5.41) is 0. The van der Waals surface area contributed by atoms with Crippen LogP contribution in [0.4, 0.5) is 0 Å². The zero-order valence-electron chi connectivity index (χ0n) is 10.8. The van der Waals surface area contributed by atoms with Crippen molar-refractivity contribution in [1.82, 2.24) is 0 Å². The Labute approximate surface area is 98.2 Å². The molecule has 2 nitrogen and oxygen atoms in total. The molecule has 3 heteroatoms. The van der Waals surface area contributed by atoms with Crippen LogP contribution in [-0.4, -0.2) is 29.7 Å². The molecular weight excluding hydrogens is 204 g/mol. The third-order valence-electron chi connectivity index (χ3n) is 2.40. The molecule has 0 saturated carbocycles. The van der Waals surface area contributed by atoms with Gasteiger partial charge in [-0.1, -0.05) is 39.2 Å². The maximum Gasteiger partial charge on any atom is 0.157 e. The van der Waals surface area contributed by atoms with Crippen molar-refractivity contribution in [1.29, 1.82) is 0 Å². The van der Waals surface area contributed by atoms with E-state index in [1.54, 1.807) is 0 Å². The van der Waals surface area contributed by atoms with E-state index in [1.165, 1.54) is 35.5 Å². The van der Waals surface area contributed by atoms with Crippen LogP contribution in [0.2, 0.25) is 6.04 Å². The molecule has 92 valence electrons. The Morgan fingerprint density at radius 2 is 1.47 bits per heavy atom. The van der Waals surface area contributed by atoms with Crippen LogP contribution in [0.15, 0.2) is 0 Å². The Hall–Kier alpha value is 0.137. The molecule has 0 unspecified atom stereocenters. The molecule has 0 aliphatic rings. The minimum absolute atomic E-state index is 0.0667. The summed E-state index contributed by atoms with van der Waals surface area (Å²) in [5.74, 6) is 0. The molecule has 0 aromatic heterocycles. The second-order valence-corrected chi connectivity index (χ2v) is 5.02. The lowest BCUT2D eigenvalue weighted by atomic mass is 10.3. The minimum Gasteiger partial charge on any atom is -0.353 e. The second kappa shape index (κ2) is 12.2. The Kier molecular flexibility index (Phi) is 12.3. The van der Waals surface area contributed by atoms with Gasteiger partial charge in [-0.05, 0) is 19.3 Å². The molecule has 15 heavy (non-hydrogen) atoms. The molecule has 0 aromatic rings. The number of ether oxygens (including phenoxy) is 2. The first kappa shape index (κ1) is 15.1. The van der Waals surface area contributed by atoms with E-state index >= 15 is 0 Å². The fourth-order valence-electron chi connectivity index (χ4n) is 1.30. The molecule has 0 saturated heterocycles. The third-order valence-corrected chi connectivity index (χ3v) is 3.10. The van der Waals surface area contributed by atoms with Gasteiger partial charge in [-0.25, -0.2) is 0 Å². The van der Waals surface area contributed by atoms with E-state index in [4.69, 9.17) is 9.47 Å². The van der Waals surface area contributed by atoms with E-state index in [9.17, 15) is 0 Å². The van der Waals surface area contributed by atoms with Crippen LogP contribution >= 0.6 is 0 Å². The maximum atomic E-state index is 5.72. The number of unbranched alkanes of at least 4 members (excludes halogenated alkanes) is 2. The molecule has 0 rings (SSSR count). The Morgan fingerprint density at radius 1 is 0.933 bits per heavy atom.